The van der Waals surface area contributed by atoms with E-state index < -0.39 is 6.03 Å². The molecule has 3 aromatic heterocycles. The first kappa shape index (κ1) is 16.7. The van der Waals surface area contributed by atoms with Crippen LogP contribution in [0.5, 0.6) is 0 Å². The van der Waals surface area contributed by atoms with Crippen LogP contribution in [0.4, 0.5) is 16.2 Å². The average molecular weight is 354 g/mol. The molecule has 2 N–H and O–H groups in total. The Bertz CT molecular complexity index is 1070. The van der Waals surface area contributed by atoms with Crippen LogP contribution in [-0.2, 0) is 7.05 Å². The van der Waals surface area contributed by atoms with E-state index in [9.17, 15) is 4.79 Å². The first-order chi connectivity index (χ1) is 11.6. The van der Waals surface area contributed by atoms with Crippen molar-refractivity contribution in [2.45, 2.75) is 0 Å². The lowest BCUT2D eigenvalue weighted by Crippen LogP contribution is -2.31. The Labute approximate surface area is 150 Å². The van der Waals surface area contributed by atoms with Crippen molar-refractivity contribution >= 4 is 51.7 Å². The van der Waals surface area contributed by atoms with Gasteiger partial charge in [-0.05, 0) is 42.5 Å². The van der Waals surface area contributed by atoms with Gasteiger partial charge in [-0.25, -0.2) is 4.79 Å². The van der Waals surface area contributed by atoms with E-state index in [0.29, 0.717) is 22.4 Å². The maximum Gasteiger partial charge on any atom is 0.323 e. The second kappa shape index (κ2) is 6.41. The van der Waals surface area contributed by atoms with Gasteiger partial charge in [0.2, 0.25) is 0 Å². The van der Waals surface area contributed by atoms with E-state index in [1.165, 1.54) is 4.90 Å². The summed E-state index contributed by atoms with van der Waals surface area (Å²) < 4.78 is 2.02. The van der Waals surface area contributed by atoms with Gasteiger partial charge in [0.1, 0.15) is 5.52 Å². The predicted octanol–water partition coefficient (Wildman–Crippen LogP) is 3.76. The molecule has 4 aromatic rings. The summed E-state index contributed by atoms with van der Waals surface area (Å²) in [7, 11) is 1.98. The summed E-state index contributed by atoms with van der Waals surface area (Å²) in [6.07, 6.45) is 5.30. The minimum absolute atomic E-state index is 0. The predicted molar refractivity (Wildman–Crippen MR) is 101 cm³/mol. The Morgan fingerprint density at radius 3 is 2.76 bits per heavy atom. The van der Waals surface area contributed by atoms with Crippen LogP contribution in [0.25, 0.3) is 21.9 Å². The number of amides is 2. The van der Waals surface area contributed by atoms with Gasteiger partial charge in [0.15, 0.2) is 0 Å². The molecule has 0 aliphatic carbocycles. The quantitative estimate of drug-likeness (QED) is 0.596. The molecule has 25 heavy (non-hydrogen) atoms. The van der Waals surface area contributed by atoms with Gasteiger partial charge in [0.25, 0.3) is 0 Å². The fourth-order valence-electron chi connectivity index (χ4n) is 2.94. The van der Waals surface area contributed by atoms with Gasteiger partial charge in [0, 0.05) is 36.5 Å². The number of aryl methyl sites for hydroxylation is 1. The number of rotatable bonds is 2. The zero-order chi connectivity index (χ0) is 16.7. The van der Waals surface area contributed by atoms with Crippen molar-refractivity contribution in [1.29, 1.82) is 0 Å². The van der Waals surface area contributed by atoms with E-state index in [1.54, 1.807) is 18.5 Å². The Morgan fingerprint density at radius 2 is 1.96 bits per heavy atom. The Hall–Kier alpha value is -3.12. The minimum atomic E-state index is -0.566. The lowest BCUT2D eigenvalue weighted by molar-refractivity contribution is 0.256. The lowest BCUT2D eigenvalue weighted by atomic mass is 10.2. The smallest absolute Gasteiger partial charge is 0.323 e. The largest absolute Gasteiger partial charge is 0.351 e. The van der Waals surface area contributed by atoms with Crippen LogP contribution in [0.15, 0.2) is 61.1 Å². The van der Waals surface area contributed by atoms with E-state index in [1.807, 2.05) is 54.2 Å². The van der Waals surface area contributed by atoms with Crippen molar-refractivity contribution in [3.05, 3.63) is 61.1 Å². The Morgan fingerprint density at radius 1 is 1.12 bits per heavy atom. The first-order valence-corrected chi connectivity index (χ1v) is 7.49. The molecule has 0 saturated heterocycles. The molecule has 126 valence electrons. The molecule has 0 unspecified atom stereocenters. The molecule has 0 aliphatic rings. The maximum atomic E-state index is 12.2. The highest BCUT2D eigenvalue weighted by atomic mass is 35.5. The summed E-state index contributed by atoms with van der Waals surface area (Å²) >= 11 is 0. The minimum Gasteiger partial charge on any atom is -0.351 e. The van der Waals surface area contributed by atoms with Gasteiger partial charge >= 0.3 is 6.03 Å². The molecule has 2 amide bonds. The number of carbonyl (C=O) groups is 1. The van der Waals surface area contributed by atoms with Gasteiger partial charge in [0.05, 0.1) is 16.9 Å². The number of hydrogen-bond donors (Lipinski definition) is 1. The van der Waals surface area contributed by atoms with Gasteiger partial charge in [-0.15, -0.1) is 12.4 Å². The van der Waals surface area contributed by atoms with Crippen molar-refractivity contribution in [1.82, 2.24) is 14.5 Å². The molecular weight excluding hydrogens is 338 g/mol. The number of anilines is 2. The molecule has 0 radical (unpaired) electrons. The van der Waals surface area contributed by atoms with E-state index in [2.05, 4.69) is 9.97 Å². The topological polar surface area (TPSA) is 77.0 Å². The van der Waals surface area contributed by atoms with Crippen molar-refractivity contribution in [3.63, 3.8) is 0 Å². The molecular formula is C18H16ClN5O. The highest BCUT2D eigenvalue weighted by molar-refractivity contribution is 6.06. The SMILES string of the molecule is Cl.Cn1ccc2cc(N(C(N)=O)c3ccnc4cccnc34)ccc21. The van der Waals surface area contributed by atoms with E-state index in [0.717, 1.165) is 10.9 Å². The zero-order valence-corrected chi connectivity index (χ0v) is 14.3. The third kappa shape index (κ3) is 2.77. The summed E-state index contributed by atoms with van der Waals surface area (Å²) in [5.74, 6) is 0. The van der Waals surface area contributed by atoms with Gasteiger partial charge in [-0.2, -0.15) is 0 Å². The Balaban J connectivity index is 0.00000182. The highest BCUT2D eigenvalue weighted by Crippen LogP contribution is 2.32. The fourth-order valence-corrected chi connectivity index (χ4v) is 2.94. The number of fused-ring (bicyclic) bond motifs is 2. The monoisotopic (exact) mass is 353 g/mol. The van der Waals surface area contributed by atoms with E-state index in [-0.39, 0.29) is 12.4 Å². The number of nitrogens with two attached hydrogens (primary N) is 1. The molecule has 0 atom stereocenters. The van der Waals surface area contributed by atoms with Crippen LogP contribution < -0.4 is 10.6 Å². The van der Waals surface area contributed by atoms with Crippen LogP contribution in [0.1, 0.15) is 0 Å². The zero-order valence-electron chi connectivity index (χ0n) is 13.5. The van der Waals surface area contributed by atoms with E-state index >= 15 is 0 Å². The van der Waals surface area contributed by atoms with Gasteiger partial charge in [-0.3, -0.25) is 14.9 Å². The number of halogens is 1. The molecule has 7 heteroatoms. The molecule has 0 saturated carbocycles. The number of pyridine rings is 2. The fraction of sp³-hybridized carbons (Fsp3) is 0.0556. The third-order valence-electron chi connectivity index (χ3n) is 4.06. The molecule has 4 rings (SSSR count). The molecule has 0 aliphatic heterocycles. The van der Waals surface area contributed by atoms with Crippen molar-refractivity contribution in [3.8, 4) is 0 Å². The van der Waals surface area contributed by atoms with Crippen molar-refractivity contribution in [2.75, 3.05) is 4.90 Å². The van der Waals surface area contributed by atoms with Gasteiger partial charge in [-0.1, -0.05) is 0 Å². The number of carbonyl (C=O) groups excluding carboxylic acids is 1. The molecule has 0 spiro atoms. The summed E-state index contributed by atoms with van der Waals surface area (Å²) in [6.45, 7) is 0. The van der Waals surface area contributed by atoms with Crippen LogP contribution in [-0.4, -0.2) is 20.6 Å². The van der Waals surface area contributed by atoms with E-state index in [4.69, 9.17) is 5.73 Å². The molecule has 1 aromatic carbocycles. The number of urea groups is 1. The number of benzene rings is 1. The third-order valence-corrected chi connectivity index (χ3v) is 4.06. The maximum absolute atomic E-state index is 12.2. The number of primary amides is 1. The standard InChI is InChI=1S/C18H15N5O.ClH/c1-22-10-7-12-11-13(4-5-15(12)22)23(18(19)24)16-6-9-20-14-3-2-8-21-17(14)16;/h2-11H,1H3,(H2,19,24);1H. The molecule has 3 heterocycles. The molecule has 0 fully saturated rings. The summed E-state index contributed by atoms with van der Waals surface area (Å²) in [5, 5.41) is 1.03. The van der Waals surface area contributed by atoms with Gasteiger partial charge < -0.3 is 10.3 Å². The van der Waals surface area contributed by atoms with Crippen LogP contribution in [0, 0.1) is 0 Å². The first-order valence-electron chi connectivity index (χ1n) is 7.49. The number of hydrogen-bond acceptors (Lipinski definition) is 3. The summed E-state index contributed by atoms with van der Waals surface area (Å²) in [4.78, 5) is 22.3. The van der Waals surface area contributed by atoms with Crippen LogP contribution in [0.2, 0.25) is 0 Å². The second-order valence-corrected chi connectivity index (χ2v) is 5.54. The normalized spacial score (nSPS) is 10.6. The van der Waals surface area contributed by atoms with Crippen molar-refractivity contribution in [2.24, 2.45) is 12.8 Å². The lowest BCUT2D eigenvalue weighted by Gasteiger charge is -2.21. The second-order valence-electron chi connectivity index (χ2n) is 5.54. The summed E-state index contributed by atoms with van der Waals surface area (Å²) in [6, 6.07) is 12.6. The average Bonchev–Trinajstić information content (AvgIpc) is 2.96. The number of nitrogens with zero attached hydrogens (tertiary/aromatic N) is 4. The Kier molecular flexibility index (Phi) is 4.29. The summed E-state index contributed by atoms with van der Waals surface area (Å²) in [5.41, 5.74) is 9.41. The van der Waals surface area contributed by atoms with Crippen LogP contribution >= 0.6 is 12.4 Å². The highest BCUT2D eigenvalue weighted by Gasteiger charge is 2.19. The molecule has 6 nitrogen and oxygen atoms in total. The van der Waals surface area contributed by atoms with Crippen molar-refractivity contribution < 1.29 is 4.79 Å². The van der Waals surface area contributed by atoms with Crippen LogP contribution in [0.3, 0.4) is 0 Å². The molecule has 0 bridgehead atoms. The number of aromatic nitrogens is 3.